The molecule has 1 heterocycles. The largest absolute Gasteiger partial charge is 0.497 e. The maximum Gasteiger partial charge on any atom is 0.191 e. The summed E-state index contributed by atoms with van der Waals surface area (Å²) in [6.45, 7) is 4.34. The van der Waals surface area contributed by atoms with Crippen molar-refractivity contribution < 1.29 is 9.47 Å². The second-order valence-corrected chi connectivity index (χ2v) is 6.62. The van der Waals surface area contributed by atoms with Crippen LogP contribution in [0.1, 0.15) is 16.2 Å². The molecule has 0 radical (unpaired) electrons. The van der Waals surface area contributed by atoms with E-state index >= 15 is 0 Å². The lowest BCUT2D eigenvalue weighted by Gasteiger charge is -2.12. The van der Waals surface area contributed by atoms with Gasteiger partial charge in [-0.15, -0.1) is 11.3 Å². The molecule has 1 aromatic heterocycles. The summed E-state index contributed by atoms with van der Waals surface area (Å²) in [5.74, 6) is 2.44. The van der Waals surface area contributed by atoms with Crippen LogP contribution in [-0.2, 0) is 6.54 Å². The van der Waals surface area contributed by atoms with E-state index in [1.54, 1.807) is 25.5 Å². The van der Waals surface area contributed by atoms with E-state index in [9.17, 15) is 0 Å². The molecule has 0 aliphatic rings. The molecule has 2 aromatic rings. The molecule has 0 fully saturated rings. The first kappa shape index (κ1) is 18.1. The minimum absolute atomic E-state index is 0.640. The van der Waals surface area contributed by atoms with Crippen molar-refractivity contribution in [2.45, 2.75) is 19.9 Å². The minimum Gasteiger partial charge on any atom is -0.497 e. The van der Waals surface area contributed by atoms with Crippen molar-refractivity contribution in [3.63, 3.8) is 0 Å². The van der Waals surface area contributed by atoms with Gasteiger partial charge < -0.3 is 20.1 Å². The molecule has 1 aromatic carbocycles. The standard InChI is InChI=1S/C18H25N3O2S/c1-14-8-9-17(24-14)13-21-18(19-2)20-10-5-11-23-16-7-4-6-15(12-16)22-3/h4,6-9,12H,5,10-11,13H2,1-3H3,(H2,19,20,21). The van der Waals surface area contributed by atoms with Gasteiger partial charge in [0.1, 0.15) is 11.5 Å². The lowest BCUT2D eigenvalue weighted by atomic mass is 10.3. The van der Waals surface area contributed by atoms with Crippen LogP contribution in [0.15, 0.2) is 41.4 Å². The molecule has 6 heteroatoms. The third kappa shape index (κ3) is 6.12. The number of hydrogen-bond donors (Lipinski definition) is 2. The van der Waals surface area contributed by atoms with E-state index in [2.05, 4.69) is 34.7 Å². The van der Waals surface area contributed by atoms with Crippen molar-refractivity contribution in [2.24, 2.45) is 4.99 Å². The van der Waals surface area contributed by atoms with E-state index in [1.165, 1.54) is 9.75 Å². The maximum absolute atomic E-state index is 5.72. The van der Waals surface area contributed by atoms with E-state index in [0.717, 1.165) is 37.0 Å². The average molecular weight is 347 g/mol. The smallest absolute Gasteiger partial charge is 0.191 e. The van der Waals surface area contributed by atoms with Crippen LogP contribution < -0.4 is 20.1 Å². The van der Waals surface area contributed by atoms with Crippen molar-refractivity contribution in [1.29, 1.82) is 0 Å². The zero-order valence-electron chi connectivity index (χ0n) is 14.5. The van der Waals surface area contributed by atoms with E-state index in [1.807, 2.05) is 24.3 Å². The van der Waals surface area contributed by atoms with Crippen molar-refractivity contribution >= 4 is 17.3 Å². The molecular formula is C18H25N3O2S. The molecule has 0 unspecified atom stereocenters. The van der Waals surface area contributed by atoms with Crippen LogP contribution >= 0.6 is 11.3 Å². The molecule has 2 rings (SSSR count). The van der Waals surface area contributed by atoms with Crippen molar-refractivity contribution in [1.82, 2.24) is 10.6 Å². The number of rotatable bonds is 8. The molecule has 0 saturated heterocycles. The Bertz CT molecular complexity index is 655. The summed E-state index contributed by atoms with van der Waals surface area (Å²) >= 11 is 1.80. The molecule has 0 aliphatic heterocycles. The van der Waals surface area contributed by atoms with Gasteiger partial charge in [0.2, 0.25) is 0 Å². The zero-order chi connectivity index (χ0) is 17.2. The van der Waals surface area contributed by atoms with Crippen LogP contribution in [-0.4, -0.2) is 33.3 Å². The molecule has 0 atom stereocenters. The van der Waals surface area contributed by atoms with Gasteiger partial charge in [-0.1, -0.05) is 6.07 Å². The van der Waals surface area contributed by atoms with Gasteiger partial charge in [0, 0.05) is 29.4 Å². The monoisotopic (exact) mass is 347 g/mol. The van der Waals surface area contributed by atoms with Crippen LogP contribution in [0.2, 0.25) is 0 Å². The van der Waals surface area contributed by atoms with Crippen LogP contribution in [0.25, 0.3) is 0 Å². The van der Waals surface area contributed by atoms with Crippen molar-refractivity contribution in [2.75, 3.05) is 27.3 Å². The highest BCUT2D eigenvalue weighted by Gasteiger charge is 2.01. The SMILES string of the molecule is CN=C(NCCCOc1cccc(OC)c1)NCc1ccc(C)s1. The first-order valence-electron chi connectivity index (χ1n) is 7.98. The van der Waals surface area contributed by atoms with Gasteiger partial charge in [-0.05, 0) is 37.6 Å². The summed E-state index contributed by atoms with van der Waals surface area (Å²) < 4.78 is 10.9. The summed E-state index contributed by atoms with van der Waals surface area (Å²) in [6.07, 6.45) is 0.885. The minimum atomic E-state index is 0.640. The lowest BCUT2D eigenvalue weighted by Crippen LogP contribution is -2.37. The second kappa shape index (κ2) is 9.82. The van der Waals surface area contributed by atoms with Gasteiger partial charge in [-0.3, -0.25) is 4.99 Å². The van der Waals surface area contributed by atoms with E-state index < -0.39 is 0 Å². The Balaban J connectivity index is 1.63. The van der Waals surface area contributed by atoms with E-state index in [-0.39, 0.29) is 0 Å². The summed E-state index contributed by atoms with van der Waals surface area (Å²) in [7, 11) is 3.43. The third-order valence-electron chi connectivity index (χ3n) is 3.37. The average Bonchev–Trinajstić information content (AvgIpc) is 3.03. The third-order valence-corrected chi connectivity index (χ3v) is 4.37. The van der Waals surface area contributed by atoms with Crippen LogP contribution in [0, 0.1) is 6.92 Å². The molecule has 0 saturated carbocycles. The summed E-state index contributed by atoms with van der Waals surface area (Å²) in [6, 6.07) is 11.9. The number of guanidine groups is 1. The topological polar surface area (TPSA) is 54.9 Å². The van der Waals surface area contributed by atoms with Gasteiger partial charge in [0.25, 0.3) is 0 Å². The predicted octanol–water partition coefficient (Wildman–Crippen LogP) is 3.20. The number of aliphatic imine (C=N–C) groups is 1. The fraction of sp³-hybridized carbons (Fsp3) is 0.389. The molecule has 0 spiro atoms. The van der Waals surface area contributed by atoms with Gasteiger partial charge in [0.05, 0.1) is 20.3 Å². The normalized spacial score (nSPS) is 11.2. The quantitative estimate of drug-likeness (QED) is 0.437. The number of ether oxygens (including phenoxy) is 2. The van der Waals surface area contributed by atoms with Gasteiger partial charge >= 0.3 is 0 Å². The first-order chi connectivity index (χ1) is 11.7. The van der Waals surface area contributed by atoms with E-state index in [4.69, 9.17) is 9.47 Å². The Kier molecular flexibility index (Phi) is 7.42. The highest BCUT2D eigenvalue weighted by Crippen LogP contribution is 2.18. The molecule has 2 N–H and O–H groups in total. The molecule has 0 bridgehead atoms. The highest BCUT2D eigenvalue weighted by atomic mass is 32.1. The fourth-order valence-corrected chi connectivity index (χ4v) is 2.96. The van der Waals surface area contributed by atoms with Gasteiger partial charge in [-0.25, -0.2) is 0 Å². The number of hydrogen-bond acceptors (Lipinski definition) is 4. The lowest BCUT2D eigenvalue weighted by molar-refractivity contribution is 0.308. The molecule has 0 amide bonds. The number of thiophene rings is 1. The summed E-state index contributed by atoms with van der Waals surface area (Å²) in [5, 5.41) is 6.61. The Hall–Kier alpha value is -2.21. The molecule has 130 valence electrons. The fourth-order valence-electron chi connectivity index (χ4n) is 2.13. The van der Waals surface area contributed by atoms with Crippen LogP contribution in [0.5, 0.6) is 11.5 Å². The zero-order valence-corrected chi connectivity index (χ0v) is 15.3. The Labute approximate surface area is 147 Å². The highest BCUT2D eigenvalue weighted by molar-refractivity contribution is 7.11. The first-order valence-corrected chi connectivity index (χ1v) is 8.79. The molecular weight excluding hydrogens is 322 g/mol. The Morgan fingerprint density at radius 3 is 2.71 bits per heavy atom. The van der Waals surface area contributed by atoms with E-state index in [0.29, 0.717) is 6.61 Å². The number of nitrogens with one attached hydrogen (secondary N) is 2. The van der Waals surface area contributed by atoms with Crippen molar-refractivity contribution in [3.05, 3.63) is 46.2 Å². The number of aryl methyl sites for hydroxylation is 1. The maximum atomic E-state index is 5.72. The van der Waals surface area contributed by atoms with Crippen LogP contribution in [0.3, 0.4) is 0 Å². The van der Waals surface area contributed by atoms with Gasteiger partial charge in [-0.2, -0.15) is 0 Å². The Morgan fingerprint density at radius 2 is 2.00 bits per heavy atom. The molecule has 24 heavy (non-hydrogen) atoms. The number of benzene rings is 1. The van der Waals surface area contributed by atoms with Crippen LogP contribution in [0.4, 0.5) is 0 Å². The number of nitrogens with zero attached hydrogens (tertiary/aromatic N) is 1. The Morgan fingerprint density at radius 1 is 1.17 bits per heavy atom. The second-order valence-electron chi connectivity index (χ2n) is 5.25. The number of methoxy groups -OCH3 is 1. The molecule has 5 nitrogen and oxygen atoms in total. The summed E-state index contributed by atoms with van der Waals surface area (Å²) in [5.41, 5.74) is 0. The summed E-state index contributed by atoms with van der Waals surface area (Å²) in [4.78, 5) is 6.86. The van der Waals surface area contributed by atoms with Gasteiger partial charge in [0.15, 0.2) is 5.96 Å². The van der Waals surface area contributed by atoms with Crippen molar-refractivity contribution in [3.8, 4) is 11.5 Å². The molecule has 0 aliphatic carbocycles. The predicted molar refractivity (Wildman–Crippen MR) is 100 cm³/mol.